The first-order valence-electron chi connectivity index (χ1n) is 8.91. The number of nitrogens with zero attached hydrogens (tertiary/aromatic N) is 2. The Morgan fingerprint density at radius 3 is 2.43 bits per heavy atom. The third-order valence-corrected chi connectivity index (χ3v) is 5.18. The fourth-order valence-electron chi connectivity index (χ4n) is 3.42. The zero-order valence-electron chi connectivity index (χ0n) is 14.6. The van der Waals surface area contributed by atoms with Gasteiger partial charge < -0.3 is 10.2 Å². The van der Waals surface area contributed by atoms with E-state index in [9.17, 15) is 5.26 Å². The topological polar surface area (TPSA) is 39.1 Å². The molecule has 1 aliphatic rings. The normalized spacial score (nSPS) is 19.1. The van der Waals surface area contributed by atoms with Gasteiger partial charge in [0.05, 0.1) is 6.07 Å². The van der Waals surface area contributed by atoms with Gasteiger partial charge >= 0.3 is 0 Å². The summed E-state index contributed by atoms with van der Waals surface area (Å²) in [5.74, 6) is 0.778. The van der Waals surface area contributed by atoms with Gasteiger partial charge in [0, 0.05) is 6.04 Å². The maximum Gasteiger partial charge on any atom is 0.106 e. The summed E-state index contributed by atoms with van der Waals surface area (Å²) in [5, 5.41) is 12.6. The molecule has 3 nitrogen and oxygen atoms in total. The third kappa shape index (κ3) is 5.96. The van der Waals surface area contributed by atoms with Crippen LogP contribution in [0, 0.1) is 17.2 Å². The van der Waals surface area contributed by atoms with Crippen molar-refractivity contribution < 1.29 is 0 Å². The lowest BCUT2D eigenvalue weighted by atomic mass is 9.92. The van der Waals surface area contributed by atoms with Crippen LogP contribution in [0.5, 0.6) is 0 Å². The number of rotatable bonds is 10. The van der Waals surface area contributed by atoms with Crippen LogP contribution in [-0.2, 0) is 0 Å². The van der Waals surface area contributed by atoms with Gasteiger partial charge in [0.1, 0.15) is 5.54 Å². The monoisotopic (exact) mass is 293 g/mol. The van der Waals surface area contributed by atoms with E-state index < -0.39 is 0 Å². The summed E-state index contributed by atoms with van der Waals surface area (Å²) in [7, 11) is 1.92. The van der Waals surface area contributed by atoms with Gasteiger partial charge in [-0.2, -0.15) is 5.26 Å². The van der Waals surface area contributed by atoms with E-state index in [0.29, 0.717) is 0 Å². The molecule has 1 unspecified atom stereocenters. The van der Waals surface area contributed by atoms with E-state index in [1.165, 1.54) is 38.6 Å². The molecule has 122 valence electrons. The minimum atomic E-state index is -0.320. The van der Waals surface area contributed by atoms with Crippen LogP contribution in [0.15, 0.2) is 0 Å². The quantitative estimate of drug-likeness (QED) is 0.663. The molecule has 0 aromatic heterocycles. The lowest BCUT2D eigenvalue weighted by Gasteiger charge is -2.31. The minimum absolute atomic E-state index is 0.320. The molecule has 21 heavy (non-hydrogen) atoms. The van der Waals surface area contributed by atoms with Crippen LogP contribution < -0.4 is 5.32 Å². The van der Waals surface area contributed by atoms with E-state index >= 15 is 0 Å². The van der Waals surface area contributed by atoms with Crippen molar-refractivity contribution in [3.63, 3.8) is 0 Å². The maximum absolute atomic E-state index is 9.40. The van der Waals surface area contributed by atoms with E-state index in [1.54, 1.807) is 0 Å². The smallest absolute Gasteiger partial charge is 0.106 e. The van der Waals surface area contributed by atoms with Crippen LogP contribution in [0.1, 0.15) is 72.1 Å². The molecule has 0 amide bonds. The lowest BCUT2D eigenvalue weighted by molar-refractivity contribution is 0.179. The molecular formula is C18H35N3. The summed E-state index contributed by atoms with van der Waals surface area (Å²) in [5.41, 5.74) is -0.320. The van der Waals surface area contributed by atoms with Crippen molar-refractivity contribution in [3.05, 3.63) is 0 Å². The molecule has 1 fully saturated rings. The van der Waals surface area contributed by atoms with Gasteiger partial charge in [0.2, 0.25) is 0 Å². The van der Waals surface area contributed by atoms with Crippen molar-refractivity contribution in [2.45, 2.75) is 83.7 Å². The van der Waals surface area contributed by atoms with E-state index in [2.05, 4.69) is 37.1 Å². The minimum Gasteiger partial charge on any atom is -0.302 e. The van der Waals surface area contributed by atoms with Crippen LogP contribution in [0.2, 0.25) is 0 Å². The second-order valence-electron chi connectivity index (χ2n) is 7.06. The summed E-state index contributed by atoms with van der Waals surface area (Å²) >= 11 is 0. The first kappa shape index (κ1) is 18.5. The van der Waals surface area contributed by atoms with Crippen molar-refractivity contribution >= 4 is 0 Å². The fraction of sp³-hybridized carbons (Fsp3) is 0.944. The van der Waals surface area contributed by atoms with Crippen molar-refractivity contribution in [2.75, 3.05) is 20.1 Å². The molecule has 1 N–H and O–H groups in total. The zero-order chi connectivity index (χ0) is 15.7. The summed E-state index contributed by atoms with van der Waals surface area (Å²) in [6, 6.07) is 3.28. The van der Waals surface area contributed by atoms with Crippen LogP contribution in [0.4, 0.5) is 0 Å². The molecule has 0 heterocycles. The Morgan fingerprint density at radius 2 is 1.95 bits per heavy atom. The predicted octanol–water partition coefficient (Wildman–Crippen LogP) is 3.95. The Bertz CT molecular complexity index is 309. The Hall–Kier alpha value is -0.590. The molecule has 0 spiro atoms. The number of hydrogen-bond acceptors (Lipinski definition) is 3. The van der Waals surface area contributed by atoms with Crippen LogP contribution in [0.3, 0.4) is 0 Å². The molecule has 0 saturated heterocycles. The van der Waals surface area contributed by atoms with E-state index in [-0.39, 0.29) is 5.54 Å². The Balaban J connectivity index is 2.46. The van der Waals surface area contributed by atoms with Crippen LogP contribution in [0.25, 0.3) is 0 Å². The number of nitrogens with one attached hydrogen (secondary N) is 1. The maximum atomic E-state index is 9.40. The fourth-order valence-corrected chi connectivity index (χ4v) is 3.42. The average Bonchev–Trinajstić information content (AvgIpc) is 3.01. The molecule has 1 atom stereocenters. The molecule has 1 saturated carbocycles. The number of nitriles is 1. The molecular weight excluding hydrogens is 258 g/mol. The van der Waals surface area contributed by atoms with Crippen molar-refractivity contribution in [1.82, 2.24) is 10.2 Å². The highest BCUT2D eigenvalue weighted by atomic mass is 15.2. The largest absolute Gasteiger partial charge is 0.302 e. The van der Waals surface area contributed by atoms with Gasteiger partial charge in [0.15, 0.2) is 0 Å². The molecule has 0 radical (unpaired) electrons. The van der Waals surface area contributed by atoms with Crippen molar-refractivity contribution in [1.29, 1.82) is 5.26 Å². The van der Waals surface area contributed by atoms with Crippen molar-refractivity contribution in [2.24, 2.45) is 5.92 Å². The average molecular weight is 293 g/mol. The summed E-state index contributed by atoms with van der Waals surface area (Å²) in [6.07, 6.45) is 9.81. The Kier molecular flexibility index (Phi) is 8.29. The SMILES string of the molecule is CCC(C#N)(CCCN(CCC(C)C)C1CCCC1)NC. The molecule has 1 aliphatic carbocycles. The molecule has 0 aromatic rings. The highest BCUT2D eigenvalue weighted by Crippen LogP contribution is 2.25. The Morgan fingerprint density at radius 1 is 1.29 bits per heavy atom. The molecule has 3 heteroatoms. The molecule has 0 bridgehead atoms. The van der Waals surface area contributed by atoms with E-state index in [1.807, 2.05) is 7.05 Å². The standard InChI is InChI=1S/C18H35N3/c1-5-18(15-19,20-4)12-8-13-21(14-11-16(2)3)17-9-6-7-10-17/h16-17,20H,5-14H2,1-4H3. The van der Waals surface area contributed by atoms with Crippen LogP contribution in [-0.4, -0.2) is 36.6 Å². The van der Waals surface area contributed by atoms with E-state index in [4.69, 9.17) is 0 Å². The van der Waals surface area contributed by atoms with Gasteiger partial charge in [-0.25, -0.2) is 0 Å². The summed E-state index contributed by atoms with van der Waals surface area (Å²) in [6.45, 7) is 9.11. The Labute approximate surface area is 132 Å². The summed E-state index contributed by atoms with van der Waals surface area (Å²) in [4.78, 5) is 2.71. The van der Waals surface area contributed by atoms with Gasteiger partial charge in [-0.1, -0.05) is 33.6 Å². The second kappa shape index (κ2) is 9.43. The molecule has 0 aliphatic heterocycles. The van der Waals surface area contributed by atoms with E-state index in [0.717, 1.165) is 37.8 Å². The lowest BCUT2D eigenvalue weighted by Crippen LogP contribution is -2.42. The van der Waals surface area contributed by atoms with Gasteiger partial charge in [0.25, 0.3) is 0 Å². The van der Waals surface area contributed by atoms with Gasteiger partial charge in [-0.05, 0) is 64.6 Å². The zero-order valence-corrected chi connectivity index (χ0v) is 14.6. The first-order valence-corrected chi connectivity index (χ1v) is 8.91. The number of hydrogen-bond donors (Lipinski definition) is 1. The van der Waals surface area contributed by atoms with Crippen molar-refractivity contribution in [3.8, 4) is 6.07 Å². The molecule has 0 aromatic carbocycles. The third-order valence-electron chi connectivity index (χ3n) is 5.18. The van der Waals surface area contributed by atoms with Crippen LogP contribution >= 0.6 is 0 Å². The highest BCUT2D eigenvalue weighted by molar-refractivity contribution is 5.05. The molecule has 1 rings (SSSR count). The second-order valence-corrected chi connectivity index (χ2v) is 7.06. The highest BCUT2D eigenvalue weighted by Gasteiger charge is 2.27. The predicted molar refractivity (Wildman–Crippen MR) is 90.2 cm³/mol. The van der Waals surface area contributed by atoms with Gasteiger partial charge in [-0.3, -0.25) is 0 Å². The van der Waals surface area contributed by atoms with Gasteiger partial charge in [-0.15, -0.1) is 0 Å². The summed E-state index contributed by atoms with van der Waals surface area (Å²) < 4.78 is 0. The first-order chi connectivity index (χ1) is 10.1.